The van der Waals surface area contributed by atoms with Crippen molar-refractivity contribution >= 4 is 33.2 Å². The van der Waals surface area contributed by atoms with E-state index in [9.17, 15) is 13.2 Å². The lowest BCUT2D eigenvalue weighted by molar-refractivity contribution is 0.102. The summed E-state index contributed by atoms with van der Waals surface area (Å²) in [5, 5.41) is 3.11. The highest BCUT2D eigenvalue weighted by molar-refractivity contribution is 7.89. The highest BCUT2D eigenvalue weighted by Gasteiger charge is 2.30. The van der Waals surface area contributed by atoms with Crippen LogP contribution in [0.25, 0.3) is 0 Å². The van der Waals surface area contributed by atoms with E-state index in [1.165, 1.54) is 32.4 Å². The number of nitrogens with one attached hydrogen (secondary N) is 2. The highest BCUT2D eigenvalue weighted by atomic mass is 35.5. The summed E-state index contributed by atoms with van der Waals surface area (Å²) in [6.45, 7) is 0. The average Bonchev–Trinajstić information content (AvgIpc) is 3.44. The normalized spacial score (nSPS) is 13.9. The fraction of sp³-hybridized carbons (Fsp3) is 0.278. The van der Waals surface area contributed by atoms with Crippen molar-refractivity contribution in [3.63, 3.8) is 0 Å². The summed E-state index contributed by atoms with van der Waals surface area (Å²) in [5.74, 6) is 0.102. The van der Waals surface area contributed by atoms with E-state index in [1.807, 2.05) is 0 Å². The Balaban J connectivity index is 1.91. The van der Waals surface area contributed by atoms with Crippen LogP contribution in [0, 0.1) is 0 Å². The van der Waals surface area contributed by atoms with Crippen LogP contribution in [0.15, 0.2) is 41.3 Å². The molecule has 3 rings (SSSR count). The van der Waals surface area contributed by atoms with E-state index in [4.69, 9.17) is 21.1 Å². The largest absolute Gasteiger partial charge is 0.495 e. The van der Waals surface area contributed by atoms with Gasteiger partial charge in [0.25, 0.3) is 5.91 Å². The van der Waals surface area contributed by atoms with Crippen LogP contribution in [0.4, 0.5) is 5.69 Å². The number of carbonyl (C=O) groups excluding carboxylic acids is 1. The van der Waals surface area contributed by atoms with E-state index in [2.05, 4.69) is 10.0 Å². The maximum absolute atomic E-state index is 12.6. The average molecular weight is 411 g/mol. The molecule has 27 heavy (non-hydrogen) atoms. The van der Waals surface area contributed by atoms with Crippen molar-refractivity contribution in [3.05, 3.63) is 47.0 Å². The zero-order chi connectivity index (χ0) is 19.6. The van der Waals surface area contributed by atoms with Gasteiger partial charge in [-0.3, -0.25) is 4.79 Å². The molecule has 2 aromatic rings. The fourth-order valence-corrected chi connectivity index (χ4v) is 4.16. The van der Waals surface area contributed by atoms with Crippen molar-refractivity contribution < 1.29 is 22.7 Å². The van der Waals surface area contributed by atoms with Gasteiger partial charge in [-0.25, -0.2) is 13.1 Å². The van der Waals surface area contributed by atoms with Crippen LogP contribution in [-0.4, -0.2) is 34.6 Å². The van der Waals surface area contributed by atoms with Crippen LogP contribution in [0.1, 0.15) is 23.2 Å². The number of hydrogen-bond donors (Lipinski definition) is 2. The molecule has 7 nitrogen and oxygen atoms in total. The second-order valence-electron chi connectivity index (χ2n) is 6.06. The smallest absolute Gasteiger partial charge is 0.255 e. The highest BCUT2D eigenvalue weighted by Crippen LogP contribution is 2.30. The summed E-state index contributed by atoms with van der Waals surface area (Å²) in [7, 11) is -0.939. The summed E-state index contributed by atoms with van der Waals surface area (Å²) in [5.41, 5.74) is 0.542. The number of benzene rings is 2. The van der Waals surface area contributed by atoms with E-state index in [0.717, 1.165) is 12.8 Å². The van der Waals surface area contributed by atoms with Gasteiger partial charge in [0.2, 0.25) is 10.0 Å². The first-order chi connectivity index (χ1) is 12.8. The van der Waals surface area contributed by atoms with E-state index < -0.39 is 15.9 Å². The first kappa shape index (κ1) is 19.5. The Morgan fingerprint density at radius 1 is 1.07 bits per heavy atom. The molecule has 1 aliphatic rings. The second-order valence-corrected chi connectivity index (χ2v) is 8.18. The molecule has 2 N–H and O–H groups in total. The maximum atomic E-state index is 12.6. The van der Waals surface area contributed by atoms with Crippen LogP contribution in [-0.2, 0) is 10.0 Å². The molecule has 0 unspecified atom stereocenters. The predicted octanol–water partition coefficient (Wildman–Crippen LogP) is 3.05. The van der Waals surface area contributed by atoms with E-state index in [-0.39, 0.29) is 22.3 Å². The van der Waals surface area contributed by atoms with E-state index >= 15 is 0 Å². The minimum atomic E-state index is -3.79. The Morgan fingerprint density at radius 3 is 2.37 bits per heavy atom. The third-order valence-electron chi connectivity index (χ3n) is 4.02. The number of sulfonamides is 1. The standard InChI is InChI=1S/C18H19ClN2O5S/c1-25-15-8-4-12(19)10-14(15)20-18(22)11-3-7-16(26-2)17(9-11)27(23,24)21-13-5-6-13/h3-4,7-10,13,21H,5-6H2,1-2H3,(H,20,22). The van der Waals surface area contributed by atoms with Gasteiger partial charge < -0.3 is 14.8 Å². The summed E-state index contributed by atoms with van der Waals surface area (Å²) in [4.78, 5) is 12.6. The monoisotopic (exact) mass is 410 g/mol. The Labute approximate surface area is 162 Å². The van der Waals surface area contributed by atoms with E-state index in [1.54, 1.807) is 18.2 Å². The quantitative estimate of drug-likeness (QED) is 0.731. The van der Waals surface area contributed by atoms with Crippen LogP contribution in [0.5, 0.6) is 11.5 Å². The molecule has 0 saturated heterocycles. The third kappa shape index (κ3) is 4.52. The lowest BCUT2D eigenvalue weighted by atomic mass is 10.2. The summed E-state index contributed by atoms with van der Waals surface area (Å²) < 4.78 is 38.1. The number of methoxy groups -OCH3 is 2. The van der Waals surface area contributed by atoms with Crippen molar-refractivity contribution in [1.82, 2.24) is 4.72 Å². The first-order valence-electron chi connectivity index (χ1n) is 8.19. The van der Waals surface area contributed by atoms with Gasteiger partial charge in [-0.15, -0.1) is 0 Å². The molecule has 2 aromatic carbocycles. The predicted molar refractivity (Wildman–Crippen MR) is 102 cm³/mol. The number of carbonyl (C=O) groups is 1. The molecule has 1 amide bonds. The van der Waals surface area contributed by atoms with Crippen LogP contribution in [0.2, 0.25) is 5.02 Å². The molecule has 0 bridgehead atoms. The van der Waals surface area contributed by atoms with Crippen molar-refractivity contribution in [1.29, 1.82) is 0 Å². The number of halogens is 1. The number of anilines is 1. The molecular weight excluding hydrogens is 392 g/mol. The molecule has 1 saturated carbocycles. The molecule has 0 aromatic heterocycles. The van der Waals surface area contributed by atoms with Gasteiger partial charge in [0.1, 0.15) is 16.4 Å². The summed E-state index contributed by atoms with van der Waals surface area (Å²) >= 11 is 5.97. The van der Waals surface area contributed by atoms with E-state index in [0.29, 0.717) is 16.5 Å². The van der Waals surface area contributed by atoms with Crippen LogP contribution < -0.4 is 19.5 Å². The minimum absolute atomic E-state index is 0.0621. The Bertz CT molecular complexity index is 974. The molecule has 144 valence electrons. The molecule has 0 heterocycles. The Morgan fingerprint density at radius 2 is 1.74 bits per heavy atom. The van der Waals surface area contributed by atoms with Crippen molar-refractivity contribution in [2.45, 2.75) is 23.8 Å². The molecule has 1 aliphatic carbocycles. The summed E-state index contributed by atoms with van der Waals surface area (Å²) in [6, 6.07) is 8.98. The third-order valence-corrected chi connectivity index (χ3v) is 5.80. The van der Waals surface area contributed by atoms with Gasteiger partial charge in [0.05, 0.1) is 19.9 Å². The van der Waals surface area contributed by atoms with Gasteiger partial charge in [0, 0.05) is 16.6 Å². The number of ether oxygens (including phenoxy) is 2. The molecule has 0 radical (unpaired) electrons. The zero-order valence-corrected chi connectivity index (χ0v) is 16.4. The number of rotatable bonds is 7. The lowest BCUT2D eigenvalue weighted by Crippen LogP contribution is -2.26. The number of amides is 1. The maximum Gasteiger partial charge on any atom is 0.255 e. The van der Waals surface area contributed by atoms with Gasteiger partial charge >= 0.3 is 0 Å². The minimum Gasteiger partial charge on any atom is -0.495 e. The molecule has 0 atom stereocenters. The molecule has 9 heteroatoms. The Hall–Kier alpha value is -2.29. The fourth-order valence-electron chi connectivity index (χ4n) is 2.48. The molecule has 0 aliphatic heterocycles. The molecule has 1 fully saturated rings. The summed E-state index contributed by atoms with van der Waals surface area (Å²) in [6.07, 6.45) is 1.60. The van der Waals surface area contributed by atoms with Crippen molar-refractivity contribution in [3.8, 4) is 11.5 Å². The van der Waals surface area contributed by atoms with Gasteiger partial charge in [-0.2, -0.15) is 0 Å². The zero-order valence-electron chi connectivity index (χ0n) is 14.8. The van der Waals surface area contributed by atoms with Crippen LogP contribution >= 0.6 is 11.6 Å². The Kier molecular flexibility index (Phi) is 5.59. The topological polar surface area (TPSA) is 93.7 Å². The number of hydrogen-bond acceptors (Lipinski definition) is 5. The van der Waals surface area contributed by atoms with Gasteiger partial charge in [-0.05, 0) is 49.2 Å². The first-order valence-corrected chi connectivity index (χ1v) is 10.1. The van der Waals surface area contributed by atoms with Crippen molar-refractivity contribution in [2.24, 2.45) is 0 Å². The SMILES string of the molecule is COc1ccc(Cl)cc1NC(=O)c1ccc(OC)c(S(=O)(=O)NC2CC2)c1. The van der Waals surface area contributed by atoms with Gasteiger partial charge in [0.15, 0.2) is 0 Å². The van der Waals surface area contributed by atoms with Crippen LogP contribution in [0.3, 0.4) is 0 Å². The van der Waals surface area contributed by atoms with Crippen molar-refractivity contribution in [2.75, 3.05) is 19.5 Å². The molecule has 0 spiro atoms. The molecular formula is C18H19ClN2O5S. The lowest BCUT2D eigenvalue weighted by Gasteiger charge is -2.13. The second kappa shape index (κ2) is 7.75. The van der Waals surface area contributed by atoms with Gasteiger partial charge in [-0.1, -0.05) is 11.6 Å².